The van der Waals surface area contributed by atoms with Crippen molar-refractivity contribution < 1.29 is 22.8 Å². The minimum atomic E-state index is -4.97. The van der Waals surface area contributed by atoms with Crippen LogP contribution in [0.1, 0.15) is 5.56 Å². The van der Waals surface area contributed by atoms with Crippen LogP contribution in [0.2, 0.25) is 0 Å². The monoisotopic (exact) mass is 329 g/mol. The third kappa shape index (κ3) is 4.61. The number of halogens is 3. The van der Waals surface area contributed by atoms with E-state index in [4.69, 9.17) is 0 Å². The van der Waals surface area contributed by atoms with E-state index in [1.807, 2.05) is 31.2 Å². The van der Waals surface area contributed by atoms with Crippen LogP contribution in [-0.4, -0.2) is 55.6 Å². The third-order valence-electron chi connectivity index (χ3n) is 3.66. The van der Waals surface area contributed by atoms with E-state index in [1.54, 1.807) is 5.32 Å². The number of hydrogen-bond acceptors (Lipinski definition) is 3. The van der Waals surface area contributed by atoms with Gasteiger partial charge in [-0.25, -0.2) is 0 Å². The molecule has 0 bridgehead atoms. The molecule has 0 unspecified atom stereocenters. The number of rotatable bonds is 3. The molecule has 1 fully saturated rings. The van der Waals surface area contributed by atoms with Gasteiger partial charge in [-0.3, -0.25) is 9.59 Å². The molecule has 1 aromatic carbocycles. The Morgan fingerprint density at radius 2 is 1.83 bits per heavy atom. The van der Waals surface area contributed by atoms with Gasteiger partial charge in [-0.1, -0.05) is 12.1 Å². The van der Waals surface area contributed by atoms with Crippen LogP contribution in [-0.2, 0) is 9.59 Å². The highest BCUT2D eigenvalue weighted by Crippen LogP contribution is 2.18. The molecule has 1 saturated heterocycles. The number of nitrogens with one attached hydrogen (secondary N) is 1. The van der Waals surface area contributed by atoms with Crippen LogP contribution >= 0.6 is 0 Å². The summed E-state index contributed by atoms with van der Waals surface area (Å²) in [7, 11) is 0. The number of aryl methyl sites for hydroxylation is 1. The molecule has 0 spiro atoms. The summed E-state index contributed by atoms with van der Waals surface area (Å²) in [5.74, 6) is -2.60. The largest absolute Gasteiger partial charge is 0.471 e. The van der Waals surface area contributed by atoms with E-state index in [9.17, 15) is 22.8 Å². The number of nitrogens with zero attached hydrogens (tertiary/aromatic N) is 2. The maximum Gasteiger partial charge on any atom is 0.471 e. The van der Waals surface area contributed by atoms with Gasteiger partial charge in [0.05, 0.1) is 6.54 Å². The second kappa shape index (κ2) is 6.89. The Hall–Kier alpha value is -2.25. The van der Waals surface area contributed by atoms with Gasteiger partial charge in [-0.2, -0.15) is 13.2 Å². The highest BCUT2D eigenvalue weighted by atomic mass is 19.4. The number of piperazine rings is 1. The average molecular weight is 329 g/mol. The zero-order valence-electron chi connectivity index (χ0n) is 12.7. The predicted molar refractivity (Wildman–Crippen MR) is 79.0 cm³/mol. The van der Waals surface area contributed by atoms with Gasteiger partial charge in [-0.05, 0) is 24.6 Å². The molecule has 0 saturated carbocycles. The van der Waals surface area contributed by atoms with Crippen molar-refractivity contribution in [1.29, 1.82) is 0 Å². The lowest BCUT2D eigenvalue weighted by molar-refractivity contribution is -0.174. The van der Waals surface area contributed by atoms with Crippen LogP contribution in [0.5, 0.6) is 0 Å². The van der Waals surface area contributed by atoms with Gasteiger partial charge in [0.25, 0.3) is 0 Å². The molecule has 5 nitrogen and oxygen atoms in total. The van der Waals surface area contributed by atoms with Crippen molar-refractivity contribution in [2.75, 3.05) is 37.6 Å². The second-order valence-electron chi connectivity index (χ2n) is 5.39. The predicted octanol–water partition coefficient (Wildman–Crippen LogP) is 1.32. The summed E-state index contributed by atoms with van der Waals surface area (Å²) in [4.78, 5) is 26.1. The van der Waals surface area contributed by atoms with Crippen LogP contribution in [0, 0.1) is 6.92 Å². The van der Waals surface area contributed by atoms with E-state index in [0.29, 0.717) is 26.2 Å². The van der Waals surface area contributed by atoms with Crippen LogP contribution in [0.4, 0.5) is 18.9 Å². The number of amides is 2. The van der Waals surface area contributed by atoms with Gasteiger partial charge in [0.1, 0.15) is 0 Å². The highest BCUT2D eigenvalue weighted by molar-refractivity contribution is 5.87. The van der Waals surface area contributed by atoms with E-state index in [-0.39, 0.29) is 0 Å². The molecule has 0 aliphatic carbocycles. The van der Waals surface area contributed by atoms with Gasteiger partial charge in [0.2, 0.25) is 5.91 Å². The molecule has 0 radical (unpaired) electrons. The summed E-state index contributed by atoms with van der Waals surface area (Å²) >= 11 is 0. The quantitative estimate of drug-likeness (QED) is 0.910. The van der Waals surface area contributed by atoms with E-state index < -0.39 is 24.5 Å². The zero-order chi connectivity index (χ0) is 17.0. The van der Waals surface area contributed by atoms with E-state index in [2.05, 4.69) is 4.90 Å². The van der Waals surface area contributed by atoms with Gasteiger partial charge in [-0.15, -0.1) is 0 Å². The highest BCUT2D eigenvalue weighted by Gasteiger charge is 2.38. The molecular weight excluding hydrogens is 311 g/mol. The van der Waals surface area contributed by atoms with Crippen molar-refractivity contribution >= 4 is 17.5 Å². The number of carbonyl (C=O) groups is 2. The molecule has 1 heterocycles. The van der Waals surface area contributed by atoms with Gasteiger partial charge in [0, 0.05) is 31.9 Å². The van der Waals surface area contributed by atoms with Gasteiger partial charge >= 0.3 is 12.1 Å². The zero-order valence-corrected chi connectivity index (χ0v) is 12.7. The van der Waals surface area contributed by atoms with Crippen LogP contribution in [0.3, 0.4) is 0 Å². The maximum atomic E-state index is 12.1. The smallest absolute Gasteiger partial charge is 0.368 e. The Bertz CT molecular complexity index is 582. The molecule has 1 aliphatic heterocycles. The number of hydrogen-bond donors (Lipinski definition) is 1. The topological polar surface area (TPSA) is 52.6 Å². The first-order chi connectivity index (χ1) is 10.8. The van der Waals surface area contributed by atoms with Gasteiger partial charge in [0.15, 0.2) is 0 Å². The number of benzene rings is 1. The summed E-state index contributed by atoms with van der Waals surface area (Å²) in [6.45, 7) is 3.38. The molecular formula is C15H18F3N3O2. The summed E-state index contributed by atoms with van der Waals surface area (Å²) < 4.78 is 36.2. The molecule has 23 heavy (non-hydrogen) atoms. The molecule has 126 valence electrons. The lowest BCUT2D eigenvalue weighted by atomic mass is 10.2. The van der Waals surface area contributed by atoms with Crippen molar-refractivity contribution in [3.8, 4) is 0 Å². The lowest BCUT2D eigenvalue weighted by Crippen LogP contribution is -2.52. The summed E-state index contributed by atoms with van der Waals surface area (Å²) in [6.07, 6.45) is -4.97. The van der Waals surface area contributed by atoms with E-state index in [1.165, 1.54) is 4.90 Å². The first kappa shape index (κ1) is 17.1. The SMILES string of the molecule is Cc1cccc(N2CCN(C(=O)CNC(=O)C(F)(F)F)CC2)c1. The molecule has 1 N–H and O–H groups in total. The number of anilines is 1. The molecule has 2 amide bonds. The van der Waals surface area contributed by atoms with Gasteiger partial charge < -0.3 is 15.1 Å². The minimum absolute atomic E-state index is 0.411. The molecule has 0 atom stereocenters. The summed E-state index contributed by atoms with van der Waals surface area (Å²) in [6, 6.07) is 7.97. The first-order valence-corrected chi connectivity index (χ1v) is 7.22. The Kier molecular flexibility index (Phi) is 5.12. The van der Waals surface area contributed by atoms with Crippen molar-refractivity contribution in [2.45, 2.75) is 13.1 Å². The Morgan fingerprint density at radius 3 is 2.39 bits per heavy atom. The minimum Gasteiger partial charge on any atom is -0.368 e. The van der Waals surface area contributed by atoms with Crippen molar-refractivity contribution in [3.05, 3.63) is 29.8 Å². The normalized spacial score (nSPS) is 15.5. The van der Waals surface area contributed by atoms with Crippen LogP contribution < -0.4 is 10.2 Å². The van der Waals surface area contributed by atoms with Crippen molar-refractivity contribution in [1.82, 2.24) is 10.2 Å². The second-order valence-corrected chi connectivity index (χ2v) is 5.39. The average Bonchev–Trinajstić information content (AvgIpc) is 2.51. The Balaban J connectivity index is 1.82. The number of alkyl halides is 3. The molecule has 1 aliphatic rings. The van der Waals surface area contributed by atoms with Crippen molar-refractivity contribution in [3.63, 3.8) is 0 Å². The lowest BCUT2D eigenvalue weighted by Gasteiger charge is -2.36. The third-order valence-corrected chi connectivity index (χ3v) is 3.66. The van der Waals surface area contributed by atoms with Crippen LogP contribution in [0.15, 0.2) is 24.3 Å². The molecule has 0 aromatic heterocycles. The Morgan fingerprint density at radius 1 is 1.17 bits per heavy atom. The molecule has 2 rings (SSSR count). The van der Waals surface area contributed by atoms with Crippen LogP contribution in [0.25, 0.3) is 0 Å². The number of carbonyl (C=O) groups excluding carboxylic acids is 2. The van der Waals surface area contributed by atoms with E-state index >= 15 is 0 Å². The fourth-order valence-corrected chi connectivity index (χ4v) is 2.41. The summed E-state index contributed by atoms with van der Waals surface area (Å²) in [5.41, 5.74) is 2.19. The Labute approximate surface area is 132 Å². The molecule has 8 heteroatoms. The first-order valence-electron chi connectivity index (χ1n) is 7.22. The maximum absolute atomic E-state index is 12.1. The summed E-state index contributed by atoms with van der Waals surface area (Å²) in [5, 5.41) is 1.60. The molecule has 1 aromatic rings. The fourth-order valence-electron chi connectivity index (χ4n) is 2.41. The standard InChI is InChI=1S/C15H18F3N3O2/c1-11-3-2-4-12(9-11)20-5-7-21(8-6-20)13(22)10-19-14(23)15(16,17)18/h2-4,9H,5-8,10H2,1H3,(H,19,23). The van der Waals surface area contributed by atoms with E-state index in [0.717, 1.165) is 11.3 Å². The fraction of sp³-hybridized carbons (Fsp3) is 0.467. The van der Waals surface area contributed by atoms with Crippen molar-refractivity contribution in [2.24, 2.45) is 0 Å².